The molecule has 0 heterocycles. The number of hydrogen-bond acceptors (Lipinski definition) is 2. The van der Waals surface area contributed by atoms with E-state index >= 15 is 0 Å². The number of carbonyl (C=O) groups excluding carboxylic acids is 2. The van der Waals surface area contributed by atoms with Gasteiger partial charge in [-0.05, 0) is 17.9 Å². The summed E-state index contributed by atoms with van der Waals surface area (Å²) in [6.45, 7) is 3.88. The third kappa shape index (κ3) is 6.25. The number of nitrogens with one attached hydrogen (secondary N) is 1. The van der Waals surface area contributed by atoms with E-state index in [1.54, 1.807) is 0 Å². The molecule has 2 atom stereocenters. The molecule has 2 amide bonds. The van der Waals surface area contributed by atoms with E-state index < -0.39 is 11.9 Å². The van der Waals surface area contributed by atoms with E-state index in [0.29, 0.717) is 12.8 Å². The highest BCUT2D eigenvalue weighted by molar-refractivity contribution is 5.86. The zero-order valence-electron chi connectivity index (χ0n) is 12.7. The molecule has 0 spiro atoms. The van der Waals surface area contributed by atoms with Crippen LogP contribution < -0.4 is 11.1 Å². The summed E-state index contributed by atoms with van der Waals surface area (Å²) in [7, 11) is 0. The molecule has 114 valence electrons. The summed E-state index contributed by atoms with van der Waals surface area (Å²) in [6.07, 6.45) is 5.71. The molecule has 0 bridgehead atoms. The lowest BCUT2D eigenvalue weighted by atomic mass is 9.98. The fourth-order valence-electron chi connectivity index (χ4n) is 1.97. The van der Waals surface area contributed by atoms with Gasteiger partial charge in [-0.3, -0.25) is 9.59 Å². The van der Waals surface area contributed by atoms with Gasteiger partial charge in [0.15, 0.2) is 0 Å². The molecule has 1 rings (SSSR count). The van der Waals surface area contributed by atoms with Crippen LogP contribution in [0.25, 0.3) is 6.08 Å². The van der Waals surface area contributed by atoms with E-state index in [9.17, 15) is 9.59 Å². The third-order valence-corrected chi connectivity index (χ3v) is 3.48. The van der Waals surface area contributed by atoms with Crippen molar-refractivity contribution >= 4 is 17.9 Å². The molecule has 1 aromatic rings. The van der Waals surface area contributed by atoms with Crippen LogP contribution in [0.2, 0.25) is 0 Å². The Kier molecular flexibility index (Phi) is 7.23. The lowest BCUT2D eigenvalue weighted by molar-refractivity contribution is -0.128. The van der Waals surface area contributed by atoms with Gasteiger partial charge < -0.3 is 11.1 Å². The van der Waals surface area contributed by atoms with Gasteiger partial charge in [0, 0.05) is 6.42 Å². The number of benzene rings is 1. The van der Waals surface area contributed by atoms with Gasteiger partial charge in [-0.15, -0.1) is 0 Å². The monoisotopic (exact) mass is 288 g/mol. The Hall–Kier alpha value is -2.10. The second-order valence-corrected chi connectivity index (χ2v) is 5.18. The number of amides is 2. The number of nitrogens with two attached hydrogens (primary N) is 1. The zero-order chi connectivity index (χ0) is 15.7. The number of primary amides is 1. The minimum Gasteiger partial charge on any atom is -0.368 e. The molecule has 0 unspecified atom stereocenters. The van der Waals surface area contributed by atoms with Gasteiger partial charge >= 0.3 is 0 Å². The normalized spacial score (nSPS) is 13.8. The highest BCUT2D eigenvalue weighted by atomic mass is 16.2. The molecule has 0 saturated heterocycles. The number of rotatable bonds is 8. The first-order chi connectivity index (χ1) is 10.0. The fourth-order valence-corrected chi connectivity index (χ4v) is 1.97. The van der Waals surface area contributed by atoms with Gasteiger partial charge in [0.25, 0.3) is 0 Å². The number of hydrogen-bond donors (Lipinski definition) is 2. The average Bonchev–Trinajstić information content (AvgIpc) is 2.49. The van der Waals surface area contributed by atoms with Crippen LogP contribution in [0, 0.1) is 5.92 Å². The van der Waals surface area contributed by atoms with Crippen LogP contribution in [0.3, 0.4) is 0 Å². The molecule has 0 aromatic heterocycles. The predicted octanol–water partition coefficient (Wildman–Crippen LogP) is 2.50. The molecule has 0 radical (unpaired) electrons. The van der Waals surface area contributed by atoms with E-state index in [1.807, 2.05) is 56.3 Å². The first-order valence-corrected chi connectivity index (χ1v) is 7.34. The summed E-state index contributed by atoms with van der Waals surface area (Å²) in [6, 6.07) is 9.32. The molecule has 1 aromatic carbocycles. The first-order valence-electron chi connectivity index (χ1n) is 7.34. The predicted molar refractivity (Wildman–Crippen MR) is 85.3 cm³/mol. The second-order valence-electron chi connectivity index (χ2n) is 5.18. The lowest BCUT2D eigenvalue weighted by Crippen LogP contribution is -2.48. The van der Waals surface area contributed by atoms with Crippen molar-refractivity contribution in [3.8, 4) is 0 Å². The molecule has 4 heteroatoms. The van der Waals surface area contributed by atoms with E-state index in [0.717, 1.165) is 12.0 Å². The summed E-state index contributed by atoms with van der Waals surface area (Å²) >= 11 is 0. The molecular weight excluding hydrogens is 264 g/mol. The van der Waals surface area contributed by atoms with Gasteiger partial charge in [-0.1, -0.05) is 62.8 Å². The zero-order valence-corrected chi connectivity index (χ0v) is 12.7. The van der Waals surface area contributed by atoms with Crippen LogP contribution >= 0.6 is 0 Å². The maximum Gasteiger partial charge on any atom is 0.240 e. The second kappa shape index (κ2) is 8.95. The van der Waals surface area contributed by atoms with Crippen molar-refractivity contribution in [2.45, 2.75) is 39.2 Å². The molecule has 0 aliphatic rings. The van der Waals surface area contributed by atoms with Crippen LogP contribution in [0.5, 0.6) is 0 Å². The number of carbonyl (C=O) groups is 2. The van der Waals surface area contributed by atoms with Crippen molar-refractivity contribution in [1.82, 2.24) is 5.32 Å². The molecule has 0 saturated carbocycles. The molecule has 0 aliphatic heterocycles. The SMILES string of the molecule is CC[C@H](C)[C@H](NC(=O)CC/C=C/c1ccccc1)C(N)=O. The molecule has 4 nitrogen and oxygen atoms in total. The minimum absolute atomic E-state index is 0.0475. The van der Waals surface area contributed by atoms with Crippen LogP contribution in [-0.4, -0.2) is 17.9 Å². The standard InChI is InChI=1S/C17H24N2O2/c1-3-13(2)16(17(18)21)19-15(20)12-8-7-11-14-9-5-4-6-10-14/h4-7,9-11,13,16H,3,8,12H2,1-2H3,(H2,18,21)(H,19,20)/b11-7+/t13-,16-/m0/s1. The number of allylic oxidation sites excluding steroid dienone is 1. The van der Waals surface area contributed by atoms with Crippen molar-refractivity contribution in [3.63, 3.8) is 0 Å². The molecule has 3 N–H and O–H groups in total. The summed E-state index contributed by atoms with van der Waals surface area (Å²) in [5.74, 6) is -0.569. The smallest absolute Gasteiger partial charge is 0.240 e. The Morgan fingerprint density at radius 1 is 1.29 bits per heavy atom. The highest BCUT2D eigenvalue weighted by Gasteiger charge is 2.22. The minimum atomic E-state index is -0.583. The topological polar surface area (TPSA) is 72.2 Å². The average molecular weight is 288 g/mol. The van der Waals surface area contributed by atoms with E-state index in [1.165, 1.54) is 0 Å². The van der Waals surface area contributed by atoms with Gasteiger partial charge in [-0.25, -0.2) is 0 Å². The molecule has 0 aliphatic carbocycles. The Morgan fingerprint density at radius 2 is 1.95 bits per heavy atom. The van der Waals surface area contributed by atoms with Crippen molar-refractivity contribution in [2.75, 3.05) is 0 Å². The maximum absolute atomic E-state index is 11.8. The van der Waals surface area contributed by atoms with Gasteiger partial charge in [-0.2, -0.15) is 0 Å². The Labute approximate surface area is 126 Å². The fraction of sp³-hybridized carbons (Fsp3) is 0.412. The Bertz CT molecular complexity index is 483. The summed E-state index contributed by atoms with van der Waals surface area (Å²) < 4.78 is 0. The van der Waals surface area contributed by atoms with Crippen LogP contribution in [0.15, 0.2) is 36.4 Å². The summed E-state index contributed by atoms with van der Waals surface area (Å²) in [5.41, 5.74) is 6.43. The van der Waals surface area contributed by atoms with Gasteiger partial charge in [0.05, 0.1) is 0 Å². The van der Waals surface area contributed by atoms with Crippen LogP contribution in [0.1, 0.15) is 38.7 Å². The third-order valence-electron chi connectivity index (χ3n) is 3.48. The van der Waals surface area contributed by atoms with Gasteiger partial charge in [0.2, 0.25) is 11.8 Å². The maximum atomic E-state index is 11.8. The summed E-state index contributed by atoms with van der Waals surface area (Å²) in [5, 5.41) is 2.72. The quantitative estimate of drug-likeness (QED) is 0.771. The molecule has 21 heavy (non-hydrogen) atoms. The van der Waals surface area contributed by atoms with E-state index in [4.69, 9.17) is 5.73 Å². The van der Waals surface area contributed by atoms with Crippen molar-refractivity contribution in [3.05, 3.63) is 42.0 Å². The molecule has 0 fully saturated rings. The van der Waals surface area contributed by atoms with Crippen LogP contribution in [-0.2, 0) is 9.59 Å². The van der Waals surface area contributed by atoms with Crippen LogP contribution in [0.4, 0.5) is 0 Å². The van der Waals surface area contributed by atoms with Crippen molar-refractivity contribution < 1.29 is 9.59 Å². The molecular formula is C17H24N2O2. The Morgan fingerprint density at radius 3 is 2.52 bits per heavy atom. The Balaban J connectivity index is 2.39. The lowest BCUT2D eigenvalue weighted by Gasteiger charge is -2.20. The first kappa shape index (κ1) is 17.0. The van der Waals surface area contributed by atoms with Crippen molar-refractivity contribution in [1.29, 1.82) is 0 Å². The van der Waals surface area contributed by atoms with Crippen molar-refractivity contribution in [2.24, 2.45) is 11.7 Å². The van der Waals surface area contributed by atoms with E-state index in [2.05, 4.69) is 5.32 Å². The van der Waals surface area contributed by atoms with E-state index in [-0.39, 0.29) is 11.8 Å². The highest BCUT2D eigenvalue weighted by Crippen LogP contribution is 2.08. The summed E-state index contributed by atoms with van der Waals surface area (Å²) in [4.78, 5) is 23.2. The largest absolute Gasteiger partial charge is 0.368 e. The van der Waals surface area contributed by atoms with Gasteiger partial charge in [0.1, 0.15) is 6.04 Å².